The summed E-state index contributed by atoms with van der Waals surface area (Å²) in [4.78, 5) is 55.1. The van der Waals surface area contributed by atoms with Crippen LogP contribution in [0.2, 0.25) is 5.15 Å². The number of nitrogens with one attached hydrogen (secondary N) is 3. The Morgan fingerprint density at radius 3 is 1.81 bits per heavy atom. The van der Waals surface area contributed by atoms with Crippen LogP contribution in [0.15, 0.2) is 97.6 Å². The number of piperidine rings is 1. The van der Waals surface area contributed by atoms with Gasteiger partial charge in [-0.1, -0.05) is 48.0 Å². The van der Waals surface area contributed by atoms with Gasteiger partial charge in [0.05, 0.1) is 57.5 Å². The fourth-order valence-corrected chi connectivity index (χ4v) is 8.17. The molecule has 2 unspecified atom stereocenters. The number of benzene rings is 2. The number of carbonyl (C=O) groups is 3. The molecule has 1 saturated heterocycles. The van der Waals surface area contributed by atoms with Gasteiger partial charge in [-0.05, 0) is 84.3 Å². The molecule has 2 aromatic carbocycles. The Labute approximate surface area is 377 Å². The van der Waals surface area contributed by atoms with Crippen LogP contribution < -0.4 is 36.9 Å². The number of pyridine rings is 2. The van der Waals surface area contributed by atoms with Crippen LogP contribution in [0.3, 0.4) is 0 Å². The highest BCUT2D eigenvalue weighted by Gasteiger charge is 2.36. The minimum atomic E-state index is -0.591. The van der Waals surface area contributed by atoms with Gasteiger partial charge in [0.25, 0.3) is 17.7 Å². The molecule has 338 valence electrons. The summed E-state index contributed by atoms with van der Waals surface area (Å²) in [5.74, 6) is -0.191. The number of hydrogen-bond donors (Lipinski definition) is 7. The maximum atomic E-state index is 13.4. The number of rotatable bonds is 22. The summed E-state index contributed by atoms with van der Waals surface area (Å²) in [6.07, 6.45) is 11.4. The molecular formula is C46H56ClN10O7+. The van der Waals surface area contributed by atoms with Crippen molar-refractivity contribution in [2.75, 3.05) is 64.1 Å². The summed E-state index contributed by atoms with van der Waals surface area (Å²) in [5, 5.41) is 28.3. The molecule has 9 N–H and O–H groups in total. The number of aliphatic hydroxyl groups is 2. The van der Waals surface area contributed by atoms with Crippen molar-refractivity contribution < 1.29 is 38.6 Å². The largest absolute Gasteiger partial charge is 0.484 e. The lowest BCUT2D eigenvalue weighted by molar-refractivity contribution is -0.933. The van der Waals surface area contributed by atoms with Gasteiger partial charge in [0, 0.05) is 37.6 Å². The molecule has 5 aromatic rings. The molecule has 1 aliphatic rings. The average molecular weight is 896 g/mol. The standard InChI is InChI=1S/C46H55ClN10O7/c47-43-45(49)56-44(48)42(55-43)46(62)52-35-14-7-21-57(26-35,19-5-10-31-8-1-15-36(22-31)63-29-40(60)53-38(27-58)33-12-3-17-50-24-33)20-6-11-32-9-2-16-37(23-32)64-30-41(61)54-39(28-59)34-13-4-18-51-25-34/h1-4,8-9,12-13,15-18,22-25,35,38-39,58-59H,5-7,10-11,14,19-21,26-30H2,(H6-,48,49,52,53,54,56,60,61,62)/p+1/t35-,38?,39?,57?/m0/s1. The van der Waals surface area contributed by atoms with Gasteiger partial charge < -0.3 is 51.6 Å². The van der Waals surface area contributed by atoms with Crippen LogP contribution >= 0.6 is 11.6 Å². The maximum absolute atomic E-state index is 13.4. The Hall–Kier alpha value is -6.40. The van der Waals surface area contributed by atoms with E-state index in [0.29, 0.717) is 29.2 Å². The number of likely N-dealkylation sites (tertiary alicyclic amines) is 1. The zero-order chi connectivity index (χ0) is 45.3. The van der Waals surface area contributed by atoms with Crippen LogP contribution in [0.5, 0.6) is 11.5 Å². The summed E-state index contributed by atoms with van der Waals surface area (Å²) >= 11 is 6.10. The topological polar surface area (TPSA) is 250 Å². The van der Waals surface area contributed by atoms with Gasteiger partial charge in [-0.15, -0.1) is 0 Å². The van der Waals surface area contributed by atoms with Crippen molar-refractivity contribution in [1.82, 2.24) is 35.9 Å². The number of carbonyl (C=O) groups excluding carboxylic acids is 3. The third-order valence-electron chi connectivity index (χ3n) is 11.2. The lowest BCUT2D eigenvalue weighted by Crippen LogP contribution is -2.60. The monoisotopic (exact) mass is 895 g/mol. The van der Waals surface area contributed by atoms with Crippen LogP contribution in [-0.4, -0.2) is 111 Å². The summed E-state index contributed by atoms with van der Waals surface area (Å²) in [5.41, 5.74) is 15.2. The first-order chi connectivity index (χ1) is 31.0. The molecule has 3 amide bonds. The second-order valence-corrected chi connectivity index (χ2v) is 16.3. The maximum Gasteiger partial charge on any atom is 0.274 e. The van der Waals surface area contributed by atoms with E-state index in [-0.39, 0.29) is 66.8 Å². The fourth-order valence-electron chi connectivity index (χ4n) is 8.04. The lowest BCUT2D eigenvalue weighted by Gasteiger charge is -2.45. The van der Waals surface area contributed by atoms with Crippen LogP contribution in [0.4, 0.5) is 11.6 Å². The lowest BCUT2D eigenvalue weighted by atomic mass is 9.99. The van der Waals surface area contributed by atoms with Gasteiger partial charge in [-0.25, -0.2) is 9.97 Å². The first-order valence-electron chi connectivity index (χ1n) is 21.3. The van der Waals surface area contributed by atoms with Gasteiger partial charge in [0.1, 0.15) is 11.5 Å². The van der Waals surface area contributed by atoms with E-state index < -0.39 is 18.0 Å². The van der Waals surface area contributed by atoms with Gasteiger partial charge in [-0.3, -0.25) is 24.4 Å². The highest BCUT2D eigenvalue weighted by Crippen LogP contribution is 2.25. The molecule has 0 aliphatic carbocycles. The molecule has 0 bridgehead atoms. The number of anilines is 2. The number of aliphatic hydroxyl groups excluding tert-OH is 2. The molecule has 0 saturated carbocycles. The molecule has 1 fully saturated rings. The van der Waals surface area contributed by atoms with Crippen molar-refractivity contribution in [3.8, 4) is 11.5 Å². The number of halogens is 1. The molecule has 6 rings (SSSR count). The van der Waals surface area contributed by atoms with Crippen molar-refractivity contribution in [3.05, 3.63) is 131 Å². The molecule has 3 atom stereocenters. The fraction of sp³-hybridized carbons (Fsp3) is 0.370. The molecule has 17 nitrogen and oxygen atoms in total. The molecule has 1 aliphatic heterocycles. The minimum Gasteiger partial charge on any atom is -0.484 e. The van der Waals surface area contributed by atoms with Gasteiger partial charge >= 0.3 is 0 Å². The van der Waals surface area contributed by atoms with Crippen molar-refractivity contribution in [2.24, 2.45) is 0 Å². The van der Waals surface area contributed by atoms with E-state index in [1.54, 1.807) is 49.1 Å². The summed E-state index contributed by atoms with van der Waals surface area (Å²) in [7, 11) is 0. The summed E-state index contributed by atoms with van der Waals surface area (Å²) in [6.45, 7) is 2.35. The van der Waals surface area contributed by atoms with Crippen LogP contribution in [-0.2, 0) is 22.4 Å². The number of nitrogens with two attached hydrogens (primary N) is 2. The Kier molecular flexibility index (Phi) is 17.2. The zero-order valence-electron chi connectivity index (χ0n) is 35.6. The number of amides is 3. The predicted octanol–water partition coefficient (Wildman–Crippen LogP) is 3.52. The first-order valence-corrected chi connectivity index (χ1v) is 21.7. The molecule has 0 spiro atoms. The number of aromatic nitrogens is 4. The average Bonchev–Trinajstić information content (AvgIpc) is 3.30. The molecule has 64 heavy (non-hydrogen) atoms. The Morgan fingerprint density at radius 1 is 0.766 bits per heavy atom. The number of nitrogens with zero attached hydrogens (tertiary/aromatic N) is 5. The second kappa shape index (κ2) is 23.3. The quantitative estimate of drug-likeness (QED) is 0.0492. The number of aryl methyl sites for hydroxylation is 2. The van der Waals surface area contributed by atoms with E-state index in [1.165, 1.54) is 0 Å². The second-order valence-electron chi connectivity index (χ2n) is 15.9. The van der Waals surface area contributed by atoms with Crippen LogP contribution in [0.25, 0.3) is 0 Å². The Balaban J connectivity index is 1.06. The van der Waals surface area contributed by atoms with Crippen molar-refractivity contribution in [3.63, 3.8) is 0 Å². The third-order valence-corrected chi connectivity index (χ3v) is 11.5. The van der Waals surface area contributed by atoms with Gasteiger partial charge in [-0.2, -0.15) is 0 Å². The summed E-state index contributed by atoms with van der Waals surface area (Å²) in [6, 6.07) is 21.1. The molecular weight excluding hydrogens is 840 g/mol. The predicted molar refractivity (Wildman–Crippen MR) is 241 cm³/mol. The Bertz CT molecular complexity index is 2200. The molecule has 4 heterocycles. The van der Waals surface area contributed by atoms with E-state index in [9.17, 15) is 24.6 Å². The van der Waals surface area contributed by atoms with Crippen LogP contribution in [0, 0.1) is 0 Å². The number of nitrogen functional groups attached to an aromatic ring is 2. The minimum absolute atomic E-state index is 0.0461. The van der Waals surface area contributed by atoms with Crippen LogP contribution in [0.1, 0.15) is 70.5 Å². The highest BCUT2D eigenvalue weighted by molar-refractivity contribution is 6.31. The SMILES string of the molecule is Nc1nc(N)c(C(=O)N[C@H]2CCC[N+](CCCc3cccc(OCC(=O)NC(CO)c4cccnc4)c3)(CCCc3cccc(OCC(=O)NC(CO)c4cccnc4)c3)C2)nc1Cl. The first kappa shape index (κ1) is 47.1. The number of ether oxygens (including phenoxy) is 2. The van der Waals surface area contributed by atoms with Crippen molar-refractivity contribution >= 4 is 41.0 Å². The highest BCUT2D eigenvalue weighted by atomic mass is 35.5. The normalized spacial score (nSPS) is 16.8. The Morgan fingerprint density at radius 2 is 1.31 bits per heavy atom. The zero-order valence-corrected chi connectivity index (χ0v) is 36.3. The van der Waals surface area contributed by atoms with Gasteiger partial charge in [0.15, 0.2) is 35.7 Å². The number of hydrogen-bond acceptors (Lipinski definition) is 13. The molecule has 3 aromatic heterocycles. The smallest absolute Gasteiger partial charge is 0.274 e. The molecule has 18 heteroatoms. The molecule has 0 radical (unpaired) electrons. The van der Waals surface area contributed by atoms with E-state index >= 15 is 0 Å². The summed E-state index contributed by atoms with van der Waals surface area (Å²) < 4.78 is 12.5. The van der Waals surface area contributed by atoms with E-state index in [2.05, 4.69) is 35.9 Å². The third kappa shape index (κ3) is 13.8. The van der Waals surface area contributed by atoms with Crippen molar-refractivity contribution in [1.29, 1.82) is 0 Å². The van der Waals surface area contributed by atoms with Gasteiger partial charge in [0.2, 0.25) is 0 Å². The van der Waals surface area contributed by atoms with Crippen molar-refractivity contribution in [2.45, 2.75) is 56.7 Å². The van der Waals surface area contributed by atoms with E-state index in [1.807, 2.05) is 48.5 Å². The van der Waals surface area contributed by atoms with E-state index in [0.717, 1.165) is 73.8 Å². The number of quaternary nitrogens is 1. The van der Waals surface area contributed by atoms with E-state index in [4.69, 9.17) is 32.5 Å².